The number of piperazine rings is 2. The standard InChI is InChI=1S/C26H32FN5O3/c1-18-7-8-20(15-19(18)2)29-24(33)16-23-26(35)28-9-10-32(23)25(34)17-30-11-13-31(14-12-30)22-6-4-3-5-21(22)27/h3-8,15,23H,9-14,16-17H2,1-2H3,(H,28,35)(H,29,33)/t23-/m1/s1. The maximum absolute atomic E-state index is 14.1. The third kappa shape index (κ3) is 5.97. The van der Waals surface area contributed by atoms with E-state index < -0.39 is 6.04 Å². The summed E-state index contributed by atoms with van der Waals surface area (Å²) in [7, 11) is 0. The van der Waals surface area contributed by atoms with Crippen LogP contribution in [0.2, 0.25) is 0 Å². The van der Waals surface area contributed by atoms with Crippen LogP contribution in [-0.2, 0) is 14.4 Å². The summed E-state index contributed by atoms with van der Waals surface area (Å²) < 4.78 is 14.1. The van der Waals surface area contributed by atoms with Gasteiger partial charge in [-0.15, -0.1) is 0 Å². The van der Waals surface area contributed by atoms with Gasteiger partial charge in [-0.2, -0.15) is 0 Å². The van der Waals surface area contributed by atoms with Gasteiger partial charge in [-0.25, -0.2) is 4.39 Å². The largest absolute Gasteiger partial charge is 0.367 e. The summed E-state index contributed by atoms with van der Waals surface area (Å²) in [6.07, 6.45) is -0.106. The first-order valence-electron chi connectivity index (χ1n) is 12.0. The van der Waals surface area contributed by atoms with Crippen LogP contribution in [-0.4, -0.2) is 79.4 Å². The molecule has 0 spiro atoms. The summed E-state index contributed by atoms with van der Waals surface area (Å²) >= 11 is 0. The summed E-state index contributed by atoms with van der Waals surface area (Å²) in [4.78, 5) is 43.9. The number of carbonyl (C=O) groups excluding carboxylic acids is 3. The summed E-state index contributed by atoms with van der Waals surface area (Å²) in [6, 6.07) is 11.5. The van der Waals surface area contributed by atoms with E-state index in [4.69, 9.17) is 0 Å². The van der Waals surface area contributed by atoms with Gasteiger partial charge in [0, 0.05) is 45.0 Å². The molecule has 0 saturated carbocycles. The SMILES string of the molecule is Cc1ccc(NC(=O)C[C@@H]2C(=O)NCCN2C(=O)CN2CCN(c3ccccc3F)CC2)cc1C. The monoisotopic (exact) mass is 481 g/mol. The first kappa shape index (κ1) is 24.7. The van der Waals surface area contributed by atoms with Crippen molar-refractivity contribution in [3.8, 4) is 0 Å². The number of anilines is 2. The Bertz CT molecular complexity index is 1100. The summed E-state index contributed by atoms with van der Waals surface area (Å²) in [6.45, 7) is 7.28. The summed E-state index contributed by atoms with van der Waals surface area (Å²) in [5, 5.41) is 5.61. The number of amides is 3. The molecule has 9 heteroatoms. The fraction of sp³-hybridized carbons (Fsp3) is 0.423. The zero-order valence-corrected chi connectivity index (χ0v) is 20.2. The van der Waals surface area contributed by atoms with Gasteiger partial charge in [0.1, 0.15) is 11.9 Å². The number of halogens is 1. The molecule has 2 aromatic rings. The second-order valence-electron chi connectivity index (χ2n) is 9.16. The molecule has 0 aromatic heterocycles. The van der Waals surface area contributed by atoms with E-state index in [1.54, 1.807) is 12.1 Å². The van der Waals surface area contributed by atoms with Crippen molar-refractivity contribution in [2.24, 2.45) is 0 Å². The highest BCUT2D eigenvalue weighted by Gasteiger charge is 2.35. The number of hydrogen-bond donors (Lipinski definition) is 2. The minimum atomic E-state index is -0.845. The van der Waals surface area contributed by atoms with Crippen molar-refractivity contribution < 1.29 is 18.8 Å². The third-order valence-corrected chi connectivity index (χ3v) is 6.74. The van der Waals surface area contributed by atoms with Gasteiger partial charge in [0.2, 0.25) is 17.7 Å². The Morgan fingerprint density at radius 3 is 2.49 bits per heavy atom. The van der Waals surface area contributed by atoms with E-state index >= 15 is 0 Å². The molecule has 2 saturated heterocycles. The molecule has 2 fully saturated rings. The van der Waals surface area contributed by atoms with E-state index in [0.29, 0.717) is 50.6 Å². The normalized spacial score (nSPS) is 18.8. The fourth-order valence-electron chi connectivity index (χ4n) is 4.56. The van der Waals surface area contributed by atoms with Crippen molar-refractivity contribution in [3.05, 3.63) is 59.4 Å². The van der Waals surface area contributed by atoms with Crippen LogP contribution < -0.4 is 15.5 Å². The number of para-hydroxylation sites is 1. The predicted octanol–water partition coefficient (Wildman–Crippen LogP) is 1.92. The van der Waals surface area contributed by atoms with E-state index in [9.17, 15) is 18.8 Å². The van der Waals surface area contributed by atoms with Gasteiger partial charge in [-0.05, 0) is 49.2 Å². The maximum atomic E-state index is 14.1. The van der Waals surface area contributed by atoms with Crippen LogP contribution >= 0.6 is 0 Å². The van der Waals surface area contributed by atoms with E-state index in [0.717, 1.165) is 11.1 Å². The van der Waals surface area contributed by atoms with E-state index in [2.05, 4.69) is 10.6 Å². The van der Waals surface area contributed by atoms with Crippen LogP contribution in [0.25, 0.3) is 0 Å². The lowest BCUT2D eigenvalue weighted by Crippen LogP contribution is -2.60. The Morgan fingerprint density at radius 1 is 1.03 bits per heavy atom. The molecule has 3 amide bonds. The zero-order valence-electron chi connectivity index (χ0n) is 20.2. The molecule has 2 aliphatic rings. The van der Waals surface area contributed by atoms with E-state index in [-0.39, 0.29) is 36.5 Å². The van der Waals surface area contributed by atoms with Gasteiger partial charge in [0.25, 0.3) is 0 Å². The Morgan fingerprint density at radius 2 is 1.77 bits per heavy atom. The van der Waals surface area contributed by atoms with Gasteiger partial charge < -0.3 is 20.4 Å². The van der Waals surface area contributed by atoms with Gasteiger partial charge in [0.05, 0.1) is 18.7 Å². The molecule has 8 nitrogen and oxygen atoms in total. The molecule has 0 radical (unpaired) electrons. The highest BCUT2D eigenvalue weighted by Crippen LogP contribution is 2.21. The molecule has 2 heterocycles. The van der Waals surface area contributed by atoms with Crippen molar-refractivity contribution in [3.63, 3.8) is 0 Å². The summed E-state index contributed by atoms with van der Waals surface area (Å²) in [5.74, 6) is -1.06. The second-order valence-corrected chi connectivity index (χ2v) is 9.16. The zero-order chi connectivity index (χ0) is 24.9. The van der Waals surface area contributed by atoms with Crippen LogP contribution in [0.4, 0.5) is 15.8 Å². The maximum Gasteiger partial charge on any atom is 0.243 e. The molecule has 186 valence electrons. The molecule has 2 aromatic carbocycles. The first-order valence-corrected chi connectivity index (χ1v) is 12.0. The smallest absolute Gasteiger partial charge is 0.243 e. The minimum absolute atomic E-state index is 0.106. The number of nitrogens with one attached hydrogen (secondary N) is 2. The van der Waals surface area contributed by atoms with Crippen LogP contribution in [0.5, 0.6) is 0 Å². The van der Waals surface area contributed by atoms with Crippen LogP contribution in [0.1, 0.15) is 17.5 Å². The van der Waals surface area contributed by atoms with Gasteiger partial charge >= 0.3 is 0 Å². The molecule has 35 heavy (non-hydrogen) atoms. The Labute approximate surface area is 205 Å². The lowest BCUT2D eigenvalue weighted by molar-refractivity contribution is -0.145. The molecule has 0 bridgehead atoms. The molecule has 2 N–H and O–H groups in total. The predicted molar refractivity (Wildman–Crippen MR) is 133 cm³/mol. The number of carbonyl (C=O) groups is 3. The minimum Gasteiger partial charge on any atom is -0.367 e. The van der Waals surface area contributed by atoms with Crippen LogP contribution in [0, 0.1) is 19.7 Å². The number of nitrogens with zero attached hydrogens (tertiary/aromatic N) is 3. The Balaban J connectivity index is 1.33. The van der Waals surface area contributed by atoms with Crippen molar-refractivity contribution in [2.75, 3.05) is 56.0 Å². The fourth-order valence-corrected chi connectivity index (χ4v) is 4.56. The van der Waals surface area contributed by atoms with Crippen molar-refractivity contribution in [2.45, 2.75) is 26.3 Å². The average molecular weight is 482 g/mol. The van der Waals surface area contributed by atoms with Gasteiger partial charge in [-0.1, -0.05) is 18.2 Å². The molecule has 0 aliphatic carbocycles. The first-order chi connectivity index (χ1) is 16.8. The highest BCUT2D eigenvalue weighted by atomic mass is 19.1. The molecule has 4 rings (SSSR count). The van der Waals surface area contributed by atoms with E-state index in [1.165, 1.54) is 11.0 Å². The van der Waals surface area contributed by atoms with Crippen LogP contribution in [0.15, 0.2) is 42.5 Å². The number of aryl methyl sites for hydroxylation is 2. The Kier molecular flexibility index (Phi) is 7.65. The molecule has 0 unspecified atom stereocenters. The summed E-state index contributed by atoms with van der Waals surface area (Å²) in [5.41, 5.74) is 3.42. The highest BCUT2D eigenvalue weighted by molar-refractivity contribution is 5.97. The molecular formula is C26H32FN5O3. The lowest BCUT2D eigenvalue weighted by atomic mass is 10.1. The van der Waals surface area contributed by atoms with E-state index in [1.807, 2.05) is 47.9 Å². The van der Waals surface area contributed by atoms with Gasteiger partial charge in [0.15, 0.2) is 0 Å². The third-order valence-electron chi connectivity index (χ3n) is 6.74. The molecule has 1 atom stereocenters. The topological polar surface area (TPSA) is 85.0 Å². The van der Waals surface area contributed by atoms with Crippen molar-refractivity contribution in [1.29, 1.82) is 0 Å². The second kappa shape index (κ2) is 10.9. The quantitative estimate of drug-likeness (QED) is 0.659. The molecular weight excluding hydrogens is 449 g/mol. The lowest BCUT2D eigenvalue weighted by Gasteiger charge is -2.39. The molecule has 2 aliphatic heterocycles. The van der Waals surface area contributed by atoms with Crippen LogP contribution in [0.3, 0.4) is 0 Å². The van der Waals surface area contributed by atoms with Crippen molar-refractivity contribution in [1.82, 2.24) is 15.1 Å². The average Bonchev–Trinajstić information content (AvgIpc) is 2.83. The Hall–Kier alpha value is -3.46. The van der Waals surface area contributed by atoms with Crippen molar-refractivity contribution >= 4 is 29.1 Å². The number of hydrogen-bond acceptors (Lipinski definition) is 5. The van der Waals surface area contributed by atoms with Gasteiger partial charge in [-0.3, -0.25) is 19.3 Å². The number of benzene rings is 2. The number of rotatable bonds is 6.